The molecular weight excluding hydrogens is 593 g/mol. The van der Waals surface area contributed by atoms with Crippen molar-refractivity contribution >= 4 is 54.3 Å². The highest BCUT2D eigenvalue weighted by Gasteiger charge is 2.21. The molecule has 10 aromatic rings. The molecule has 0 aliphatic rings. The molecule has 0 aliphatic heterocycles. The van der Waals surface area contributed by atoms with Gasteiger partial charge < -0.3 is 4.42 Å². The molecule has 0 fully saturated rings. The van der Waals surface area contributed by atoms with Crippen LogP contribution in [-0.4, -0.2) is 0 Å². The Balaban J connectivity index is 1.26. The van der Waals surface area contributed by atoms with Crippen molar-refractivity contribution < 1.29 is 16.8 Å². The summed E-state index contributed by atoms with van der Waals surface area (Å²) < 4.78 is 84.9. The largest absolute Gasteiger partial charge is 0.456 e. The summed E-state index contributed by atoms with van der Waals surface area (Å²) >= 11 is 0. The van der Waals surface area contributed by atoms with Crippen LogP contribution in [-0.2, 0) is 0 Å². The smallest absolute Gasteiger partial charge is 0.136 e. The van der Waals surface area contributed by atoms with Gasteiger partial charge in [-0.3, -0.25) is 0 Å². The Morgan fingerprint density at radius 3 is 1.55 bits per heavy atom. The molecule has 1 nitrogen and oxygen atoms in total. The summed E-state index contributed by atoms with van der Waals surface area (Å²) in [6.45, 7) is 0. The zero-order valence-corrected chi connectivity index (χ0v) is 26.0. The van der Waals surface area contributed by atoms with Crippen LogP contribution in [0.2, 0.25) is 0 Å². The van der Waals surface area contributed by atoms with E-state index in [1.807, 2.05) is 60.7 Å². The monoisotopic (exact) mass is 631 g/mol. The first kappa shape index (κ1) is 20.0. The predicted molar refractivity (Wildman–Crippen MR) is 208 cm³/mol. The van der Waals surface area contributed by atoms with E-state index >= 15 is 0 Å². The highest BCUT2D eigenvalue weighted by Crippen LogP contribution is 2.48. The topological polar surface area (TPSA) is 13.1 Å². The SMILES string of the molecule is [2H]c1c([2H])c([2H])c(-c2c([2H])c([2H])c(-c3ccccc3-c3c4ccccc4c(-c4cccc5oc6cc7ccccc7cc6c45)c4ccccc34)c([2H])c2[2H])c([2H])c1[2H]. The van der Waals surface area contributed by atoms with E-state index in [1.165, 1.54) is 0 Å². The van der Waals surface area contributed by atoms with Gasteiger partial charge in [0, 0.05) is 10.8 Å². The Labute approximate surface area is 297 Å². The lowest BCUT2D eigenvalue weighted by molar-refractivity contribution is 0.669. The van der Waals surface area contributed by atoms with E-state index in [9.17, 15) is 2.74 Å². The maximum absolute atomic E-state index is 9.31. The van der Waals surface area contributed by atoms with Gasteiger partial charge in [0.1, 0.15) is 11.2 Å². The molecule has 0 N–H and O–H groups in total. The summed E-state index contributed by atoms with van der Waals surface area (Å²) in [6, 6.07) is 37.6. The van der Waals surface area contributed by atoms with Gasteiger partial charge in [-0.1, -0.05) is 164 Å². The lowest BCUT2D eigenvalue weighted by Gasteiger charge is -2.20. The molecule has 10 rings (SSSR count). The third-order valence-corrected chi connectivity index (χ3v) is 9.40. The Kier molecular flexibility index (Phi) is 4.53. The zero-order chi connectivity index (χ0) is 40.1. The van der Waals surface area contributed by atoms with Crippen molar-refractivity contribution in [2.45, 2.75) is 0 Å². The van der Waals surface area contributed by atoms with Gasteiger partial charge in [0.15, 0.2) is 0 Å². The zero-order valence-electron chi connectivity index (χ0n) is 35.0. The minimum Gasteiger partial charge on any atom is -0.456 e. The minimum absolute atomic E-state index is 0.0424. The van der Waals surface area contributed by atoms with Crippen molar-refractivity contribution in [3.63, 3.8) is 0 Å². The van der Waals surface area contributed by atoms with Crippen LogP contribution in [0.4, 0.5) is 0 Å². The van der Waals surface area contributed by atoms with Gasteiger partial charge >= 0.3 is 0 Å². The molecule has 0 amide bonds. The Bertz CT molecular complexity index is 3290. The van der Waals surface area contributed by atoms with E-state index in [-0.39, 0.29) is 28.8 Å². The molecule has 0 radical (unpaired) electrons. The van der Waals surface area contributed by atoms with E-state index < -0.39 is 42.3 Å². The van der Waals surface area contributed by atoms with Crippen LogP contribution in [0.1, 0.15) is 12.3 Å². The Morgan fingerprint density at radius 1 is 0.367 bits per heavy atom. The fraction of sp³-hybridized carbons (Fsp3) is 0. The van der Waals surface area contributed by atoms with Crippen molar-refractivity contribution in [1.29, 1.82) is 0 Å². The van der Waals surface area contributed by atoms with Crippen LogP contribution in [0.5, 0.6) is 0 Å². The molecule has 0 saturated carbocycles. The van der Waals surface area contributed by atoms with E-state index in [0.29, 0.717) is 11.1 Å². The van der Waals surface area contributed by atoms with Crippen LogP contribution >= 0.6 is 0 Å². The quantitative estimate of drug-likeness (QED) is 0.176. The van der Waals surface area contributed by atoms with Crippen LogP contribution < -0.4 is 0 Å². The first-order valence-corrected chi connectivity index (χ1v) is 16.1. The predicted octanol–water partition coefficient (Wildman–Crippen LogP) is 13.7. The molecule has 9 aromatic carbocycles. The van der Waals surface area contributed by atoms with Gasteiger partial charge in [0.2, 0.25) is 0 Å². The Morgan fingerprint density at radius 2 is 0.878 bits per heavy atom. The molecule has 1 aromatic heterocycles. The van der Waals surface area contributed by atoms with Crippen LogP contribution in [0.3, 0.4) is 0 Å². The molecule has 0 saturated heterocycles. The van der Waals surface area contributed by atoms with E-state index in [2.05, 4.69) is 54.6 Å². The standard InChI is InChI=1S/C48H30O/c1-2-13-31(14-3-1)32-25-27-33(28-26-32)36-17-6-7-18-37(36)46-38-19-8-10-21-40(38)47(41-22-11-9-20-39(41)46)42-23-12-24-44-48(42)43-29-34-15-4-5-16-35(34)30-45(43)49-44/h1-30H/i1D,2D,3D,13D,14D,25D,26D,27D,28D. The van der Waals surface area contributed by atoms with Gasteiger partial charge in [0.05, 0.1) is 12.3 Å². The van der Waals surface area contributed by atoms with Gasteiger partial charge in [-0.05, 0) is 95.0 Å². The van der Waals surface area contributed by atoms with Crippen molar-refractivity contribution in [2.75, 3.05) is 0 Å². The second-order valence-electron chi connectivity index (χ2n) is 12.1. The summed E-state index contributed by atoms with van der Waals surface area (Å²) in [5.41, 5.74) is 4.96. The lowest BCUT2D eigenvalue weighted by atomic mass is 9.83. The van der Waals surface area contributed by atoms with Gasteiger partial charge in [-0.25, -0.2) is 0 Å². The molecule has 0 aliphatic carbocycles. The molecule has 0 spiro atoms. The maximum Gasteiger partial charge on any atom is 0.136 e. The van der Waals surface area contributed by atoms with Crippen LogP contribution in [0.25, 0.3) is 98.8 Å². The minimum atomic E-state index is -0.616. The molecule has 0 bridgehead atoms. The van der Waals surface area contributed by atoms with Gasteiger partial charge in [-0.15, -0.1) is 0 Å². The van der Waals surface area contributed by atoms with Crippen molar-refractivity contribution in [1.82, 2.24) is 0 Å². The molecule has 228 valence electrons. The third kappa shape index (κ3) is 4.40. The maximum atomic E-state index is 9.31. The summed E-state index contributed by atoms with van der Waals surface area (Å²) in [5, 5.41) is 8.03. The summed E-state index contributed by atoms with van der Waals surface area (Å²) in [7, 11) is 0. The fourth-order valence-electron chi connectivity index (χ4n) is 7.30. The fourth-order valence-corrected chi connectivity index (χ4v) is 7.30. The van der Waals surface area contributed by atoms with E-state index in [1.54, 1.807) is 12.1 Å². The van der Waals surface area contributed by atoms with E-state index in [4.69, 9.17) is 14.0 Å². The normalized spacial score (nSPS) is 14.2. The first-order valence-electron chi connectivity index (χ1n) is 20.6. The molecule has 1 heterocycles. The van der Waals surface area contributed by atoms with Crippen molar-refractivity contribution in [2.24, 2.45) is 0 Å². The van der Waals surface area contributed by atoms with Crippen molar-refractivity contribution in [3.05, 3.63) is 182 Å². The molecule has 1 heteroatoms. The highest BCUT2D eigenvalue weighted by molar-refractivity contribution is 6.26. The molecular formula is C48H30O. The second kappa shape index (κ2) is 11.1. The highest BCUT2D eigenvalue weighted by atomic mass is 16.3. The number of fused-ring (bicyclic) bond motifs is 6. The second-order valence-corrected chi connectivity index (χ2v) is 12.1. The van der Waals surface area contributed by atoms with Crippen LogP contribution in [0.15, 0.2) is 186 Å². The third-order valence-electron chi connectivity index (χ3n) is 9.40. The molecule has 0 unspecified atom stereocenters. The van der Waals surface area contributed by atoms with Crippen molar-refractivity contribution in [3.8, 4) is 44.5 Å². The van der Waals surface area contributed by atoms with E-state index in [0.717, 1.165) is 70.9 Å². The lowest BCUT2D eigenvalue weighted by Crippen LogP contribution is -1.93. The summed E-state index contributed by atoms with van der Waals surface area (Å²) in [4.78, 5) is 0. The number of hydrogen-bond donors (Lipinski definition) is 0. The van der Waals surface area contributed by atoms with Gasteiger partial charge in [0.25, 0.3) is 0 Å². The number of rotatable bonds is 4. The van der Waals surface area contributed by atoms with Gasteiger partial charge in [-0.2, -0.15) is 0 Å². The summed E-state index contributed by atoms with van der Waals surface area (Å²) in [5.74, 6) is 0. The molecule has 0 atom stereocenters. The Hall–Kier alpha value is -6.44. The average Bonchev–Trinajstić information content (AvgIpc) is 3.61. The average molecular weight is 632 g/mol. The van der Waals surface area contributed by atoms with Crippen LogP contribution in [0, 0.1) is 0 Å². The molecule has 49 heavy (non-hydrogen) atoms. The number of benzene rings is 9. The number of hydrogen-bond acceptors (Lipinski definition) is 1. The summed E-state index contributed by atoms with van der Waals surface area (Å²) in [6.07, 6.45) is 0. The first-order chi connectivity index (χ1) is 28.1. The number of furan rings is 1.